The quantitative estimate of drug-likeness (QED) is 0.646. The Balaban J connectivity index is 1.32. The van der Waals surface area contributed by atoms with Gasteiger partial charge in [-0.1, -0.05) is 60.7 Å². The number of carbonyl (C=O) groups is 3. The molecular formula is C25H29N3O3. The summed E-state index contributed by atoms with van der Waals surface area (Å²) in [6.07, 6.45) is 5.79. The molecule has 0 unspecified atom stereocenters. The van der Waals surface area contributed by atoms with Crippen LogP contribution in [0.3, 0.4) is 0 Å². The molecule has 6 heteroatoms. The fraction of sp³-hybridized carbons (Fsp3) is 0.320. The minimum Gasteiger partial charge on any atom is -0.353 e. The largest absolute Gasteiger partial charge is 0.353 e. The van der Waals surface area contributed by atoms with Gasteiger partial charge >= 0.3 is 0 Å². The minimum atomic E-state index is -0.294. The van der Waals surface area contributed by atoms with Crippen molar-refractivity contribution >= 4 is 23.8 Å². The third kappa shape index (κ3) is 7.74. The van der Waals surface area contributed by atoms with Crippen molar-refractivity contribution in [3.63, 3.8) is 0 Å². The highest BCUT2D eigenvalue weighted by molar-refractivity contribution is 5.94. The van der Waals surface area contributed by atoms with Crippen LogP contribution in [0, 0.1) is 0 Å². The van der Waals surface area contributed by atoms with Crippen LogP contribution in [-0.2, 0) is 20.8 Å². The van der Waals surface area contributed by atoms with E-state index in [1.807, 2.05) is 60.7 Å². The molecule has 0 spiro atoms. The number of aryl methyl sites for hydroxylation is 1. The summed E-state index contributed by atoms with van der Waals surface area (Å²) in [4.78, 5) is 38.2. The zero-order chi connectivity index (χ0) is 21.9. The fourth-order valence-electron chi connectivity index (χ4n) is 3.55. The van der Waals surface area contributed by atoms with Gasteiger partial charge in [0.15, 0.2) is 0 Å². The SMILES string of the molecule is O=C(/C=C/c1ccccc1)NCC(=O)N1CCC(NC(=O)CCc2ccccc2)CC1. The molecule has 1 aliphatic rings. The number of nitrogens with zero attached hydrogens (tertiary/aromatic N) is 1. The average Bonchev–Trinajstić information content (AvgIpc) is 2.81. The molecule has 2 aromatic carbocycles. The first-order valence-corrected chi connectivity index (χ1v) is 10.7. The maximum absolute atomic E-state index is 12.4. The Morgan fingerprint density at radius 3 is 2.26 bits per heavy atom. The second-order valence-corrected chi connectivity index (χ2v) is 7.67. The van der Waals surface area contributed by atoms with Gasteiger partial charge in [-0.25, -0.2) is 0 Å². The van der Waals surface area contributed by atoms with Gasteiger partial charge in [-0.2, -0.15) is 0 Å². The molecule has 2 N–H and O–H groups in total. The first-order valence-electron chi connectivity index (χ1n) is 10.7. The van der Waals surface area contributed by atoms with E-state index in [0.29, 0.717) is 19.5 Å². The van der Waals surface area contributed by atoms with Crippen LogP contribution < -0.4 is 10.6 Å². The van der Waals surface area contributed by atoms with E-state index in [4.69, 9.17) is 0 Å². The Bertz CT molecular complexity index is 889. The Hall–Kier alpha value is -3.41. The molecule has 1 fully saturated rings. The van der Waals surface area contributed by atoms with Gasteiger partial charge in [0, 0.05) is 31.6 Å². The molecule has 0 aliphatic carbocycles. The molecule has 1 saturated heterocycles. The van der Waals surface area contributed by atoms with Crippen LogP contribution in [0.5, 0.6) is 0 Å². The summed E-state index contributed by atoms with van der Waals surface area (Å²) in [5.41, 5.74) is 2.08. The fourth-order valence-corrected chi connectivity index (χ4v) is 3.55. The Kier molecular flexibility index (Phi) is 8.40. The van der Waals surface area contributed by atoms with Gasteiger partial charge in [0.25, 0.3) is 0 Å². The lowest BCUT2D eigenvalue weighted by Crippen LogP contribution is -2.48. The van der Waals surface area contributed by atoms with Crippen LogP contribution in [0.15, 0.2) is 66.7 Å². The summed E-state index contributed by atoms with van der Waals surface area (Å²) < 4.78 is 0. The van der Waals surface area contributed by atoms with Crippen LogP contribution in [0.1, 0.15) is 30.4 Å². The van der Waals surface area contributed by atoms with E-state index in [-0.39, 0.29) is 30.3 Å². The number of hydrogen-bond acceptors (Lipinski definition) is 3. The molecule has 0 atom stereocenters. The monoisotopic (exact) mass is 419 g/mol. The molecule has 1 aliphatic heterocycles. The van der Waals surface area contributed by atoms with E-state index in [1.54, 1.807) is 11.0 Å². The molecule has 0 saturated carbocycles. The van der Waals surface area contributed by atoms with Gasteiger partial charge in [0.1, 0.15) is 0 Å². The van der Waals surface area contributed by atoms with Gasteiger partial charge in [-0.05, 0) is 36.5 Å². The maximum Gasteiger partial charge on any atom is 0.244 e. The number of rotatable bonds is 8. The molecule has 1 heterocycles. The summed E-state index contributed by atoms with van der Waals surface area (Å²) >= 11 is 0. The second kappa shape index (κ2) is 11.7. The number of likely N-dealkylation sites (tertiary alicyclic amines) is 1. The predicted octanol–water partition coefficient (Wildman–Crippen LogP) is 2.56. The molecule has 6 nitrogen and oxygen atoms in total. The van der Waals surface area contributed by atoms with Crippen molar-refractivity contribution in [2.45, 2.75) is 31.7 Å². The van der Waals surface area contributed by atoms with E-state index >= 15 is 0 Å². The molecule has 31 heavy (non-hydrogen) atoms. The zero-order valence-corrected chi connectivity index (χ0v) is 17.6. The normalized spacial score (nSPS) is 14.4. The summed E-state index contributed by atoms with van der Waals surface area (Å²) in [6, 6.07) is 19.6. The van der Waals surface area contributed by atoms with Gasteiger partial charge in [0.2, 0.25) is 17.7 Å². The molecule has 2 aromatic rings. The zero-order valence-electron chi connectivity index (χ0n) is 17.6. The molecular weight excluding hydrogens is 390 g/mol. The van der Waals surface area contributed by atoms with Gasteiger partial charge in [-0.3, -0.25) is 14.4 Å². The topological polar surface area (TPSA) is 78.5 Å². The number of piperidine rings is 1. The lowest BCUT2D eigenvalue weighted by Gasteiger charge is -2.32. The van der Waals surface area contributed by atoms with Crippen LogP contribution in [0.2, 0.25) is 0 Å². The maximum atomic E-state index is 12.4. The van der Waals surface area contributed by atoms with E-state index in [9.17, 15) is 14.4 Å². The summed E-state index contributed by atoms with van der Waals surface area (Å²) in [5, 5.41) is 5.71. The third-order valence-corrected chi connectivity index (χ3v) is 5.34. The number of carbonyl (C=O) groups excluding carboxylic acids is 3. The van der Waals surface area contributed by atoms with Crippen molar-refractivity contribution in [1.82, 2.24) is 15.5 Å². The highest BCUT2D eigenvalue weighted by Gasteiger charge is 2.23. The second-order valence-electron chi connectivity index (χ2n) is 7.67. The number of hydrogen-bond donors (Lipinski definition) is 2. The molecule has 0 bridgehead atoms. The molecule has 3 amide bonds. The predicted molar refractivity (Wildman–Crippen MR) is 121 cm³/mol. The third-order valence-electron chi connectivity index (χ3n) is 5.34. The number of nitrogens with one attached hydrogen (secondary N) is 2. The minimum absolute atomic E-state index is 0.0218. The standard InChI is InChI=1S/C25H29N3O3/c29-23(13-11-20-7-3-1-4-8-20)26-19-25(31)28-17-15-22(16-18-28)27-24(30)14-12-21-9-5-2-6-10-21/h1-11,13,22H,12,14-19H2,(H,26,29)(H,27,30)/b13-11+. The van der Waals surface area contributed by atoms with Gasteiger partial charge in [0.05, 0.1) is 6.54 Å². The summed E-state index contributed by atoms with van der Waals surface area (Å²) in [6.45, 7) is 1.14. The highest BCUT2D eigenvalue weighted by atomic mass is 16.2. The first kappa shape index (κ1) is 22.3. The van der Waals surface area contributed by atoms with E-state index in [2.05, 4.69) is 10.6 Å². The number of benzene rings is 2. The van der Waals surface area contributed by atoms with Gasteiger partial charge in [-0.15, -0.1) is 0 Å². The average molecular weight is 420 g/mol. The Labute approximate surface area is 183 Å². The van der Waals surface area contributed by atoms with Crippen molar-refractivity contribution in [2.24, 2.45) is 0 Å². The summed E-state index contributed by atoms with van der Waals surface area (Å²) in [7, 11) is 0. The lowest BCUT2D eigenvalue weighted by molar-refractivity contribution is -0.133. The Morgan fingerprint density at radius 1 is 0.935 bits per heavy atom. The molecule has 0 aromatic heterocycles. The highest BCUT2D eigenvalue weighted by Crippen LogP contribution is 2.11. The Morgan fingerprint density at radius 2 is 1.58 bits per heavy atom. The van der Waals surface area contributed by atoms with Crippen molar-refractivity contribution in [3.05, 3.63) is 77.9 Å². The van der Waals surface area contributed by atoms with E-state index in [1.165, 1.54) is 6.08 Å². The van der Waals surface area contributed by atoms with Crippen molar-refractivity contribution in [3.8, 4) is 0 Å². The van der Waals surface area contributed by atoms with Crippen molar-refractivity contribution < 1.29 is 14.4 Å². The molecule has 3 rings (SSSR count). The van der Waals surface area contributed by atoms with E-state index in [0.717, 1.165) is 30.4 Å². The first-order chi connectivity index (χ1) is 15.1. The van der Waals surface area contributed by atoms with Crippen molar-refractivity contribution in [2.75, 3.05) is 19.6 Å². The lowest BCUT2D eigenvalue weighted by atomic mass is 10.0. The van der Waals surface area contributed by atoms with Crippen molar-refractivity contribution in [1.29, 1.82) is 0 Å². The van der Waals surface area contributed by atoms with E-state index < -0.39 is 0 Å². The molecule has 0 radical (unpaired) electrons. The van der Waals surface area contributed by atoms with Crippen LogP contribution in [0.4, 0.5) is 0 Å². The van der Waals surface area contributed by atoms with Crippen LogP contribution >= 0.6 is 0 Å². The summed E-state index contributed by atoms with van der Waals surface area (Å²) in [5.74, 6) is -0.348. The molecule has 162 valence electrons. The van der Waals surface area contributed by atoms with Crippen LogP contribution in [0.25, 0.3) is 6.08 Å². The van der Waals surface area contributed by atoms with Gasteiger partial charge < -0.3 is 15.5 Å². The number of amides is 3. The smallest absolute Gasteiger partial charge is 0.244 e. The van der Waals surface area contributed by atoms with Crippen LogP contribution in [-0.4, -0.2) is 48.3 Å².